The van der Waals surface area contributed by atoms with Crippen LogP contribution in [0.15, 0.2) is 46.9 Å². The Morgan fingerprint density at radius 3 is 2.37 bits per heavy atom. The number of hydrogen-bond acceptors (Lipinski definition) is 3. The summed E-state index contributed by atoms with van der Waals surface area (Å²) in [6.07, 6.45) is 0.197. The molecule has 142 valence electrons. The Kier molecular flexibility index (Phi) is 7.30. The van der Waals surface area contributed by atoms with E-state index >= 15 is 0 Å². The van der Waals surface area contributed by atoms with Crippen LogP contribution in [0.5, 0.6) is 0 Å². The Hall–Kier alpha value is -2.47. The minimum atomic E-state index is -0.293. The summed E-state index contributed by atoms with van der Waals surface area (Å²) in [4.78, 5) is 38.0. The second-order valence-electron chi connectivity index (χ2n) is 6.50. The van der Waals surface area contributed by atoms with Crippen molar-refractivity contribution in [2.45, 2.75) is 26.7 Å². The van der Waals surface area contributed by atoms with Gasteiger partial charge in [-0.25, -0.2) is 0 Å². The number of para-hydroxylation sites is 1. The molecule has 2 aromatic rings. The van der Waals surface area contributed by atoms with Gasteiger partial charge < -0.3 is 10.2 Å². The molecule has 0 saturated heterocycles. The van der Waals surface area contributed by atoms with E-state index in [4.69, 9.17) is 0 Å². The molecule has 5 nitrogen and oxygen atoms in total. The van der Waals surface area contributed by atoms with Crippen molar-refractivity contribution >= 4 is 39.2 Å². The quantitative estimate of drug-likeness (QED) is 0.671. The van der Waals surface area contributed by atoms with Crippen LogP contribution in [0.4, 0.5) is 5.69 Å². The van der Waals surface area contributed by atoms with E-state index in [-0.39, 0.29) is 37.0 Å². The second-order valence-corrected chi connectivity index (χ2v) is 7.35. The molecule has 27 heavy (non-hydrogen) atoms. The van der Waals surface area contributed by atoms with Crippen LogP contribution in [-0.4, -0.2) is 36.1 Å². The molecule has 0 aliphatic carbocycles. The van der Waals surface area contributed by atoms with Gasteiger partial charge in [0.25, 0.3) is 0 Å². The standard InChI is InChI=1S/C21H23BrN2O3/c1-14-8-9-16(12-15(14)2)19(25)10-11-21(27)24(3)13-20(26)23-18-7-5-4-6-17(18)22/h4-9,12H,10-11,13H2,1-3H3,(H,23,26). The van der Waals surface area contributed by atoms with Crippen LogP contribution in [0.25, 0.3) is 0 Å². The Bertz CT molecular complexity index is 864. The first-order valence-corrected chi connectivity index (χ1v) is 9.46. The second kappa shape index (κ2) is 9.46. The van der Waals surface area contributed by atoms with Crippen LogP contribution in [0.1, 0.15) is 34.3 Å². The first-order valence-electron chi connectivity index (χ1n) is 8.66. The molecule has 0 spiro atoms. The summed E-state index contributed by atoms with van der Waals surface area (Å²) in [5, 5.41) is 2.75. The van der Waals surface area contributed by atoms with Gasteiger partial charge in [0.15, 0.2) is 5.78 Å². The molecule has 0 aromatic heterocycles. The largest absolute Gasteiger partial charge is 0.336 e. The van der Waals surface area contributed by atoms with Gasteiger partial charge in [0.1, 0.15) is 0 Å². The average Bonchev–Trinajstić information content (AvgIpc) is 2.63. The number of halogens is 1. The molecular weight excluding hydrogens is 408 g/mol. The number of hydrogen-bond donors (Lipinski definition) is 1. The van der Waals surface area contributed by atoms with Gasteiger partial charge in [-0.1, -0.05) is 24.3 Å². The lowest BCUT2D eigenvalue weighted by Gasteiger charge is -2.17. The summed E-state index contributed by atoms with van der Waals surface area (Å²) >= 11 is 3.36. The molecule has 1 N–H and O–H groups in total. The van der Waals surface area contributed by atoms with Crippen molar-refractivity contribution in [1.29, 1.82) is 0 Å². The van der Waals surface area contributed by atoms with Crippen molar-refractivity contribution in [3.63, 3.8) is 0 Å². The summed E-state index contributed by atoms with van der Waals surface area (Å²) in [7, 11) is 1.56. The molecule has 6 heteroatoms. The van der Waals surface area contributed by atoms with Crippen molar-refractivity contribution in [3.05, 3.63) is 63.6 Å². The van der Waals surface area contributed by atoms with E-state index in [9.17, 15) is 14.4 Å². The predicted octanol–water partition coefficient (Wildman–Crippen LogP) is 4.13. The molecule has 2 rings (SSSR count). The Morgan fingerprint density at radius 2 is 1.70 bits per heavy atom. The molecule has 0 bridgehead atoms. The maximum atomic E-state index is 12.3. The highest BCUT2D eigenvalue weighted by molar-refractivity contribution is 9.10. The number of benzene rings is 2. The topological polar surface area (TPSA) is 66.5 Å². The Balaban J connectivity index is 1.84. The third-order valence-electron chi connectivity index (χ3n) is 4.35. The summed E-state index contributed by atoms with van der Waals surface area (Å²) in [6.45, 7) is 3.87. The number of anilines is 1. The van der Waals surface area contributed by atoms with Crippen LogP contribution < -0.4 is 5.32 Å². The monoisotopic (exact) mass is 430 g/mol. The molecule has 0 unspecified atom stereocenters. The zero-order valence-corrected chi connectivity index (χ0v) is 17.3. The zero-order valence-electron chi connectivity index (χ0n) is 15.7. The number of Topliss-reactive ketones (excluding diaryl/α,β-unsaturated/α-hetero) is 1. The van der Waals surface area contributed by atoms with E-state index < -0.39 is 0 Å². The van der Waals surface area contributed by atoms with E-state index in [0.717, 1.165) is 15.6 Å². The third kappa shape index (κ3) is 6.03. The van der Waals surface area contributed by atoms with Gasteiger partial charge in [0, 0.05) is 29.9 Å². The number of likely N-dealkylation sites (N-methyl/N-ethyl adjacent to an activating group) is 1. The van der Waals surface area contributed by atoms with Crippen molar-refractivity contribution in [3.8, 4) is 0 Å². The molecule has 2 aromatic carbocycles. The van der Waals surface area contributed by atoms with Crippen LogP contribution in [0.3, 0.4) is 0 Å². The van der Waals surface area contributed by atoms with Gasteiger partial charge in [-0.15, -0.1) is 0 Å². The lowest BCUT2D eigenvalue weighted by molar-refractivity contribution is -0.133. The van der Waals surface area contributed by atoms with Gasteiger partial charge in [-0.2, -0.15) is 0 Å². The minimum Gasteiger partial charge on any atom is -0.336 e. The van der Waals surface area contributed by atoms with Gasteiger partial charge in [-0.05, 0) is 59.1 Å². The van der Waals surface area contributed by atoms with E-state index in [1.165, 1.54) is 4.90 Å². The smallest absolute Gasteiger partial charge is 0.244 e. The maximum Gasteiger partial charge on any atom is 0.244 e. The number of amides is 2. The third-order valence-corrected chi connectivity index (χ3v) is 5.04. The van der Waals surface area contributed by atoms with Crippen molar-refractivity contribution in [2.24, 2.45) is 0 Å². The summed E-state index contributed by atoms with van der Waals surface area (Å²) in [5.74, 6) is -0.606. The molecule has 0 fully saturated rings. The average molecular weight is 431 g/mol. The number of carbonyl (C=O) groups excluding carboxylic acids is 3. The first kappa shape index (κ1) is 20.8. The molecule has 0 saturated carbocycles. The molecule has 2 amide bonds. The summed E-state index contributed by atoms with van der Waals surface area (Å²) in [5.41, 5.74) is 3.43. The van der Waals surface area contributed by atoms with E-state index in [0.29, 0.717) is 11.3 Å². The SMILES string of the molecule is Cc1ccc(C(=O)CCC(=O)N(C)CC(=O)Nc2ccccc2Br)cc1C. The highest BCUT2D eigenvalue weighted by Crippen LogP contribution is 2.21. The number of nitrogens with one attached hydrogen (secondary N) is 1. The molecule has 0 aliphatic rings. The van der Waals surface area contributed by atoms with E-state index in [2.05, 4.69) is 21.2 Å². The highest BCUT2D eigenvalue weighted by atomic mass is 79.9. The lowest BCUT2D eigenvalue weighted by Crippen LogP contribution is -2.35. The number of ketones is 1. The number of nitrogens with zero attached hydrogens (tertiary/aromatic N) is 1. The molecule has 0 aliphatic heterocycles. The van der Waals surface area contributed by atoms with Gasteiger partial charge in [0.05, 0.1) is 12.2 Å². The Labute approximate surface area is 167 Å². The maximum absolute atomic E-state index is 12.3. The Morgan fingerprint density at radius 1 is 1.00 bits per heavy atom. The summed E-state index contributed by atoms with van der Waals surface area (Å²) < 4.78 is 0.770. The van der Waals surface area contributed by atoms with Crippen LogP contribution in [-0.2, 0) is 9.59 Å². The van der Waals surface area contributed by atoms with Gasteiger partial charge >= 0.3 is 0 Å². The zero-order chi connectivity index (χ0) is 20.0. The lowest BCUT2D eigenvalue weighted by atomic mass is 10.0. The van der Waals surface area contributed by atoms with Gasteiger partial charge in [-0.3, -0.25) is 14.4 Å². The van der Waals surface area contributed by atoms with Crippen molar-refractivity contribution < 1.29 is 14.4 Å². The predicted molar refractivity (Wildman–Crippen MR) is 110 cm³/mol. The number of rotatable bonds is 7. The molecular formula is C21H23BrN2O3. The molecule has 0 heterocycles. The number of carbonyl (C=O) groups is 3. The molecule has 0 atom stereocenters. The minimum absolute atomic E-state index is 0.0714. The van der Waals surface area contributed by atoms with Gasteiger partial charge in [0.2, 0.25) is 11.8 Å². The fourth-order valence-corrected chi connectivity index (χ4v) is 2.91. The van der Waals surface area contributed by atoms with E-state index in [1.54, 1.807) is 19.2 Å². The van der Waals surface area contributed by atoms with Crippen LogP contribution in [0, 0.1) is 13.8 Å². The fraction of sp³-hybridized carbons (Fsp3) is 0.286. The first-order chi connectivity index (χ1) is 12.8. The highest BCUT2D eigenvalue weighted by Gasteiger charge is 2.16. The fourth-order valence-electron chi connectivity index (χ4n) is 2.53. The summed E-state index contributed by atoms with van der Waals surface area (Å²) in [6, 6.07) is 12.8. The van der Waals surface area contributed by atoms with E-state index in [1.807, 2.05) is 44.2 Å². The van der Waals surface area contributed by atoms with Crippen molar-refractivity contribution in [2.75, 3.05) is 18.9 Å². The number of aryl methyl sites for hydroxylation is 2. The molecule has 0 radical (unpaired) electrons. The van der Waals surface area contributed by atoms with Crippen molar-refractivity contribution in [1.82, 2.24) is 4.90 Å². The van der Waals surface area contributed by atoms with Crippen LogP contribution >= 0.6 is 15.9 Å². The normalized spacial score (nSPS) is 10.4. The van der Waals surface area contributed by atoms with Crippen LogP contribution in [0.2, 0.25) is 0 Å².